The molecular formula is C9H13N3O. The predicted octanol–water partition coefficient (Wildman–Crippen LogP) is 0.820. The number of allylic oxidation sites excluding steroid dienone is 2. The normalized spacial score (nSPS) is 17.7. The Balaban J connectivity index is 0.000000132. The van der Waals surface area contributed by atoms with Gasteiger partial charge in [0.05, 0.1) is 0 Å². The van der Waals surface area contributed by atoms with Crippen LogP contribution in [0.25, 0.3) is 0 Å². The predicted molar refractivity (Wildman–Crippen MR) is 51.7 cm³/mol. The van der Waals surface area contributed by atoms with Crippen LogP contribution in [0.2, 0.25) is 0 Å². The molecule has 0 saturated heterocycles. The number of hydrogen-bond donors (Lipinski definition) is 3. The van der Waals surface area contributed by atoms with Gasteiger partial charge in [0.15, 0.2) is 0 Å². The van der Waals surface area contributed by atoms with E-state index < -0.39 is 0 Å². The van der Waals surface area contributed by atoms with E-state index >= 15 is 0 Å². The van der Waals surface area contributed by atoms with Gasteiger partial charge in [-0.15, -0.1) is 0 Å². The Hall–Kier alpha value is -1.71. The van der Waals surface area contributed by atoms with E-state index in [2.05, 4.69) is 28.1 Å². The molecule has 0 spiro atoms. The molecule has 2 amide bonds. The van der Waals surface area contributed by atoms with Crippen LogP contribution in [0, 0.1) is 0 Å². The average molecular weight is 179 g/mol. The highest BCUT2D eigenvalue weighted by Gasteiger charge is 1.95. The number of urea groups is 1. The van der Waals surface area contributed by atoms with Crippen molar-refractivity contribution >= 4 is 6.03 Å². The molecule has 2 aliphatic heterocycles. The summed E-state index contributed by atoms with van der Waals surface area (Å²) in [6.07, 6.45) is 12.5. The highest BCUT2D eigenvalue weighted by molar-refractivity contribution is 5.75. The first kappa shape index (κ1) is 9.38. The van der Waals surface area contributed by atoms with Crippen LogP contribution in [-0.2, 0) is 0 Å². The lowest BCUT2D eigenvalue weighted by molar-refractivity contribution is 0.244. The molecular weight excluding hydrogens is 166 g/mol. The zero-order chi connectivity index (χ0) is 9.36. The number of rotatable bonds is 0. The quantitative estimate of drug-likeness (QED) is 0.515. The largest absolute Gasteiger partial charge is 0.368 e. The molecule has 0 aromatic carbocycles. The van der Waals surface area contributed by atoms with Crippen molar-refractivity contribution in [2.45, 2.75) is 6.42 Å². The van der Waals surface area contributed by atoms with Crippen molar-refractivity contribution in [1.82, 2.24) is 16.0 Å². The second kappa shape index (κ2) is 5.88. The third-order valence-electron chi connectivity index (χ3n) is 1.41. The lowest BCUT2D eigenvalue weighted by Gasteiger charge is -2.04. The fraction of sp³-hybridized carbons (Fsp3) is 0.222. The molecule has 4 nitrogen and oxygen atoms in total. The van der Waals surface area contributed by atoms with Gasteiger partial charge < -0.3 is 16.0 Å². The van der Waals surface area contributed by atoms with E-state index in [1.54, 1.807) is 6.20 Å². The maximum absolute atomic E-state index is 10.2. The molecule has 13 heavy (non-hydrogen) atoms. The molecule has 3 N–H and O–H groups in total. The van der Waals surface area contributed by atoms with E-state index in [0.717, 1.165) is 6.42 Å². The Morgan fingerprint density at radius 2 is 1.85 bits per heavy atom. The van der Waals surface area contributed by atoms with Crippen molar-refractivity contribution in [3.8, 4) is 0 Å². The van der Waals surface area contributed by atoms with Crippen molar-refractivity contribution in [2.75, 3.05) is 6.54 Å². The number of amides is 2. The number of carbonyl (C=O) groups excluding carboxylic acids is 1. The number of hydrogen-bond acceptors (Lipinski definition) is 2. The van der Waals surface area contributed by atoms with E-state index in [1.807, 2.05) is 18.5 Å². The minimum atomic E-state index is -0.123. The van der Waals surface area contributed by atoms with Crippen LogP contribution in [0.3, 0.4) is 0 Å². The van der Waals surface area contributed by atoms with Crippen LogP contribution >= 0.6 is 0 Å². The van der Waals surface area contributed by atoms with Crippen molar-refractivity contribution in [2.24, 2.45) is 0 Å². The molecule has 0 fully saturated rings. The van der Waals surface area contributed by atoms with E-state index in [-0.39, 0.29) is 6.03 Å². The number of nitrogens with one attached hydrogen (secondary N) is 3. The molecule has 0 atom stereocenters. The molecule has 2 aliphatic rings. The third kappa shape index (κ3) is 4.68. The van der Waals surface area contributed by atoms with E-state index in [4.69, 9.17) is 0 Å². The van der Waals surface area contributed by atoms with Gasteiger partial charge in [0.1, 0.15) is 0 Å². The molecule has 4 heteroatoms. The summed E-state index contributed by atoms with van der Waals surface area (Å²) in [6.45, 7) is 0.645. The minimum absolute atomic E-state index is 0.123. The second-order valence-corrected chi connectivity index (χ2v) is 2.46. The summed E-state index contributed by atoms with van der Waals surface area (Å²) < 4.78 is 0. The molecule has 2 rings (SSSR count). The van der Waals surface area contributed by atoms with Crippen LogP contribution in [0.1, 0.15) is 6.42 Å². The van der Waals surface area contributed by atoms with Gasteiger partial charge in [0, 0.05) is 12.7 Å². The maximum Gasteiger partial charge on any atom is 0.319 e. The van der Waals surface area contributed by atoms with Crippen LogP contribution in [0.4, 0.5) is 4.79 Å². The molecule has 70 valence electrons. The molecule has 0 unspecified atom stereocenters. The van der Waals surface area contributed by atoms with Crippen LogP contribution in [0.15, 0.2) is 36.8 Å². The standard InChI is InChI=1S/C5H7N.C4H6N2O/c1-2-4-6-5-3-1;7-4-5-2-1-3-6-4/h2-6H,1H2;1-2H,3H2,(H2,5,6,7). The molecule has 0 aliphatic carbocycles. The van der Waals surface area contributed by atoms with E-state index in [9.17, 15) is 4.79 Å². The Morgan fingerprint density at radius 1 is 1.08 bits per heavy atom. The zero-order valence-electron chi connectivity index (χ0n) is 7.29. The van der Waals surface area contributed by atoms with Crippen LogP contribution in [-0.4, -0.2) is 12.6 Å². The van der Waals surface area contributed by atoms with Gasteiger partial charge in [-0.1, -0.05) is 12.2 Å². The van der Waals surface area contributed by atoms with E-state index in [1.165, 1.54) is 0 Å². The Morgan fingerprint density at radius 3 is 2.08 bits per heavy atom. The van der Waals surface area contributed by atoms with Gasteiger partial charge in [-0.3, -0.25) is 0 Å². The number of carbonyl (C=O) groups is 1. The molecule has 0 bridgehead atoms. The van der Waals surface area contributed by atoms with Gasteiger partial charge in [0.2, 0.25) is 0 Å². The van der Waals surface area contributed by atoms with Crippen LogP contribution in [0.5, 0.6) is 0 Å². The van der Waals surface area contributed by atoms with E-state index in [0.29, 0.717) is 6.54 Å². The lowest BCUT2D eigenvalue weighted by Crippen LogP contribution is -2.35. The summed E-state index contributed by atoms with van der Waals surface area (Å²) in [5.74, 6) is 0. The Kier molecular flexibility index (Phi) is 4.24. The van der Waals surface area contributed by atoms with Crippen molar-refractivity contribution < 1.29 is 4.79 Å². The SMILES string of the molecule is C1=CNC=CC1.O=C1NC=CCN1. The van der Waals surface area contributed by atoms with Gasteiger partial charge in [-0.2, -0.15) is 0 Å². The van der Waals surface area contributed by atoms with Gasteiger partial charge in [-0.05, 0) is 24.9 Å². The molecule has 2 heterocycles. The van der Waals surface area contributed by atoms with Crippen LogP contribution < -0.4 is 16.0 Å². The summed E-state index contributed by atoms with van der Waals surface area (Å²) in [5.41, 5.74) is 0. The monoisotopic (exact) mass is 179 g/mol. The maximum atomic E-state index is 10.2. The first-order valence-corrected chi connectivity index (χ1v) is 4.15. The fourth-order valence-corrected chi connectivity index (χ4v) is 0.802. The molecule has 0 radical (unpaired) electrons. The molecule has 0 saturated carbocycles. The first-order valence-electron chi connectivity index (χ1n) is 4.15. The summed E-state index contributed by atoms with van der Waals surface area (Å²) in [4.78, 5) is 10.2. The molecule has 0 aromatic rings. The van der Waals surface area contributed by atoms with Crippen molar-refractivity contribution in [3.05, 3.63) is 36.8 Å². The first-order chi connectivity index (χ1) is 6.39. The van der Waals surface area contributed by atoms with Gasteiger partial charge in [0.25, 0.3) is 0 Å². The molecule has 0 aromatic heterocycles. The zero-order valence-corrected chi connectivity index (χ0v) is 7.29. The van der Waals surface area contributed by atoms with Gasteiger partial charge >= 0.3 is 6.03 Å². The van der Waals surface area contributed by atoms with Crippen molar-refractivity contribution in [3.63, 3.8) is 0 Å². The average Bonchev–Trinajstić information content (AvgIpc) is 2.22. The highest BCUT2D eigenvalue weighted by Crippen LogP contribution is 1.86. The minimum Gasteiger partial charge on any atom is -0.368 e. The van der Waals surface area contributed by atoms with Gasteiger partial charge in [-0.25, -0.2) is 4.79 Å². The summed E-state index contributed by atoms with van der Waals surface area (Å²) in [6, 6.07) is -0.123. The van der Waals surface area contributed by atoms with Crippen molar-refractivity contribution in [1.29, 1.82) is 0 Å². The highest BCUT2D eigenvalue weighted by atomic mass is 16.2. The lowest BCUT2D eigenvalue weighted by atomic mass is 10.4. The Labute approximate surface area is 77.4 Å². The topological polar surface area (TPSA) is 53.2 Å². The number of dihydropyridines is 1. The summed E-state index contributed by atoms with van der Waals surface area (Å²) in [5, 5.41) is 7.92. The fourth-order valence-electron chi connectivity index (χ4n) is 0.802. The second-order valence-electron chi connectivity index (χ2n) is 2.46. The third-order valence-corrected chi connectivity index (χ3v) is 1.41. The summed E-state index contributed by atoms with van der Waals surface area (Å²) >= 11 is 0. The Bertz CT molecular complexity index is 223. The smallest absolute Gasteiger partial charge is 0.319 e. The summed E-state index contributed by atoms with van der Waals surface area (Å²) in [7, 11) is 0.